The summed E-state index contributed by atoms with van der Waals surface area (Å²) in [7, 11) is 1.43. The van der Waals surface area contributed by atoms with Gasteiger partial charge in [0.2, 0.25) is 5.91 Å². The van der Waals surface area contributed by atoms with E-state index in [1.54, 1.807) is 12.1 Å². The quantitative estimate of drug-likeness (QED) is 0.778. The van der Waals surface area contributed by atoms with Crippen LogP contribution in [0, 0.1) is 0 Å². The molecule has 1 rings (SSSR count). The standard InChI is InChI=1S/C11H13NO4/c1-12(7-11(15)16)10(14)6-8-3-2-4-9(13)5-8/h2-5,13H,6-7H2,1H3,(H,15,16). The van der Waals surface area contributed by atoms with Crippen LogP contribution >= 0.6 is 0 Å². The van der Waals surface area contributed by atoms with Crippen molar-refractivity contribution in [2.75, 3.05) is 13.6 Å². The number of benzene rings is 1. The Morgan fingerprint density at radius 3 is 2.62 bits per heavy atom. The van der Waals surface area contributed by atoms with Crippen molar-refractivity contribution < 1.29 is 19.8 Å². The average molecular weight is 223 g/mol. The summed E-state index contributed by atoms with van der Waals surface area (Å²) < 4.78 is 0. The Labute approximate surface area is 92.9 Å². The highest BCUT2D eigenvalue weighted by Crippen LogP contribution is 2.11. The van der Waals surface area contributed by atoms with Crippen molar-refractivity contribution in [2.45, 2.75) is 6.42 Å². The van der Waals surface area contributed by atoms with Gasteiger partial charge in [0.15, 0.2) is 0 Å². The number of carbonyl (C=O) groups excluding carboxylic acids is 1. The normalized spacial score (nSPS) is 9.81. The van der Waals surface area contributed by atoms with Crippen LogP contribution in [-0.4, -0.2) is 40.6 Å². The molecule has 0 fully saturated rings. The minimum atomic E-state index is -1.05. The molecule has 0 radical (unpaired) electrons. The lowest BCUT2D eigenvalue weighted by molar-refractivity contribution is -0.143. The molecule has 0 aliphatic carbocycles. The van der Waals surface area contributed by atoms with E-state index in [0.29, 0.717) is 5.56 Å². The average Bonchev–Trinajstić information content (AvgIpc) is 2.16. The molecular formula is C11H13NO4. The van der Waals surface area contributed by atoms with Crippen LogP contribution in [0.5, 0.6) is 5.75 Å². The molecular weight excluding hydrogens is 210 g/mol. The molecule has 0 bridgehead atoms. The van der Waals surface area contributed by atoms with Crippen molar-refractivity contribution in [3.05, 3.63) is 29.8 Å². The van der Waals surface area contributed by atoms with E-state index in [1.807, 2.05) is 0 Å². The number of carboxylic acids is 1. The van der Waals surface area contributed by atoms with E-state index in [0.717, 1.165) is 4.90 Å². The fourth-order valence-corrected chi connectivity index (χ4v) is 1.27. The first-order chi connectivity index (χ1) is 7.49. The molecule has 0 aliphatic heterocycles. The maximum absolute atomic E-state index is 11.5. The zero-order valence-electron chi connectivity index (χ0n) is 8.88. The molecule has 5 nitrogen and oxygen atoms in total. The Morgan fingerprint density at radius 2 is 2.06 bits per heavy atom. The Hall–Kier alpha value is -2.04. The minimum absolute atomic E-state index is 0.0815. The maximum Gasteiger partial charge on any atom is 0.323 e. The highest BCUT2D eigenvalue weighted by Gasteiger charge is 2.12. The number of amides is 1. The van der Waals surface area contributed by atoms with E-state index >= 15 is 0 Å². The molecule has 1 amide bonds. The monoisotopic (exact) mass is 223 g/mol. The SMILES string of the molecule is CN(CC(=O)O)C(=O)Cc1cccc(O)c1. The van der Waals surface area contributed by atoms with Crippen LogP contribution in [0.25, 0.3) is 0 Å². The number of likely N-dealkylation sites (N-methyl/N-ethyl adjacent to an activating group) is 1. The van der Waals surface area contributed by atoms with E-state index in [2.05, 4.69) is 0 Å². The largest absolute Gasteiger partial charge is 0.508 e. The second-order valence-corrected chi connectivity index (χ2v) is 3.49. The third kappa shape index (κ3) is 3.61. The van der Waals surface area contributed by atoms with Crippen LogP contribution in [0.2, 0.25) is 0 Å². The number of nitrogens with zero attached hydrogens (tertiary/aromatic N) is 1. The van der Waals surface area contributed by atoms with Crippen molar-refractivity contribution in [3.63, 3.8) is 0 Å². The molecule has 0 aliphatic rings. The second kappa shape index (κ2) is 5.16. The zero-order valence-corrected chi connectivity index (χ0v) is 8.88. The fourth-order valence-electron chi connectivity index (χ4n) is 1.27. The Balaban J connectivity index is 2.60. The van der Waals surface area contributed by atoms with Gasteiger partial charge < -0.3 is 15.1 Å². The van der Waals surface area contributed by atoms with Gasteiger partial charge in [0.05, 0.1) is 6.42 Å². The summed E-state index contributed by atoms with van der Waals surface area (Å²) >= 11 is 0. The van der Waals surface area contributed by atoms with Crippen LogP contribution in [0.3, 0.4) is 0 Å². The number of aliphatic carboxylic acids is 1. The van der Waals surface area contributed by atoms with Crippen LogP contribution in [-0.2, 0) is 16.0 Å². The molecule has 0 heterocycles. The van der Waals surface area contributed by atoms with Gasteiger partial charge in [0.1, 0.15) is 12.3 Å². The van der Waals surface area contributed by atoms with Crippen LogP contribution in [0.1, 0.15) is 5.56 Å². The van der Waals surface area contributed by atoms with E-state index in [9.17, 15) is 14.7 Å². The highest BCUT2D eigenvalue weighted by molar-refractivity contribution is 5.82. The molecule has 2 N–H and O–H groups in total. The molecule has 5 heteroatoms. The Morgan fingerprint density at radius 1 is 1.38 bits per heavy atom. The molecule has 16 heavy (non-hydrogen) atoms. The molecule has 0 unspecified atom stereocenters. The van der Waals surface area contributed by atoms with Gasteiger partial charge in [-0.15, -0.1) is 0 Å². The lowest BCUT2D eigenvalue weighted by atomic mass is 10.1. The summed E-state index contributed by atoms with van der Waals surface area (Å²) in [6, 6.07) is 6.32. The molecule has 0 spiro atoms. The lowest BCUT2D eigenvalue weighted by Gasteiger charge is -2.14. The van der Waals surface area contributed by atoms with Gasteiger partial charge in [0.25, 0.3) is 0 Å². The predicted molar refractivity (Wildman–Crippen MR) is 57.1 cm³/mol. The molecule has 0 aromatic heterocycles. The first-order valence-electron chi connectivity index (χ1n) is 4.72. The van der Waals surface area contributed by atoms with Gasteiger partial charge in [-0.05, 0) is 17.7 Å². The van der Waals surface area contributed by atoms with Gasteiger partial charge in [-0.25, -0.2) is 0 Å². The zero-order chi connectivity index (χ0) is 12.1. The Bertz CT molecular complexity index is 403. The number of hydrogen-bond donors (Lipinski definition) is 2. The molecule has 0 saturated carbocycles. The van der Waals surface area contributed by atoms with Crippen LogP contribution in [0.4, 0.5) is 0 Å². The van der Waals surface area contributed by atoms with Crippen LogP contribution < -0.4 is 0 Å². The number of carboxylic acid groups (broad SMARTS) is 1. The van der Waals surface area contributed by atoms with E-state index in [1.165, 1.54) is 19.2 Å². The molecule has 1 aromatic carbocycles. The van der Waals surface area contributed by atoms with Crippen molar-refractivity contribution >= 4 is 11.9 Å². The smallest absolute Gasteiger partial charge is 0.323 e. The lowest BCUT2D eigenvalue weighted by Crippen LogP contribution is -2.33. The van der Waals surface area contributed by atoms with Gasteiger partial charge in [-0.1, -0.05) is 12.1 Å². The fraction of sp³-hybridized carbons (Fsp3) is 0.273. The summed E-state index contributed by atoms with van der Waals surface area (Å²) in [5, 5.41) is 17.7. The third-order valence-electron chi connectivity index (χ3n) is 2.06. The summed E-state index contributed by atoms with van der Waals surface area (Å²) in [5.74, 6) is -1.26. The van der Waals surface area contributed by atoms with E-state index in [-0.39, 0.29) is 24.6 Å². The van der Waals surface area contributed by atoms with Gasteiger partial charge in [-0.2, -0.15) is 0 Å². The number of phenolic OH excluding ortho intramolecular Hbond substituents is 1. The third-order valence-corrected chi connectivity index (χ3v) is 2.06. The van der Waals surface area contributed by atoms with Crippen molar-refractivity contribution in [2.24, 2.45) is 0 Å². The van der Waals surface area contributed by atoms with E-state index < -0.39 is 5.97 Å². The van der Waals surface area contributed by atoms with E-state index in [4.69, 9.17) is 5.11 Å². The number of rotatable bonds is 4. The first kappa shape index (κ1) is 12.0. The number of hydrogen-bond acceptors (Lipinski definition) is 3. The van der Waals surface area contributed by atoms with Crippen molar-refractivity contribution in [1.82, 2.24) is 4.90 Å². The highest BCUT2D eigenvalue weighted by atomic mass is 16.4. The first-order valence-corrected chi connectivity index (χ1v) is 4.72. The molecule has 1 aromatic rings. The molecule has 0 saturated heterocycles. The van der Waals surface area contributed by atoms with Gasteiger partial charge in [0, 0.05) is 7.05 Å². The summed E-state index contributed by atoms with van der Waals surface area (Å²) in [6.07, 6.45) is 0.0815. The summed E-state index contributed by atoms with van der Waals surface area (Å²) in [6.45, 7) is -0.322. The topological polar surface area (TPSA) is 77.8 Å². The second-order valence-electron chi connectivity index (χ2n) is 3.49. The van der Waals surface area contributed by atoms with Crippen molar-refractivity contribution in [1.29, 1.82) is 0 Å². The Kier molecular flexibility index (Phi) is 3.88. The van der Waals surface area contributed by atoms with Gasteiger partial charge in [-0.3, -0.25) is 9.59 Å². The number of aromatic hydroxyl groups is 1. The van der Waals surface area contributed by atoms with Gasteiger partial charge >= 0.3 is 5.97 Å². The van der Waals surface area contributed by atoms with Crippen LogP contribution in [0.15, 0.2) is 24.3 Å². The molecule has 86 valence electrons. The molecule has 0 atom stereocenters. The maximum atomic E-state index is 11.5. The van der Waals surface area contributed by atoms with Crippen molar-refractivity contribution in [3.8, 4) is 5.75 Å². The predicted octanol–water partition coefficient (Wildman–Crippen LogP) is 0.478. The minimum Gasteiger partial charge on any atom is -0.508 e. The summed E-state index contributed by atoms with van der Waals surface area (Å²) in [5.41, 5.74) is 0.655. The number of carbonyl (C=O) groups is 2. The number of phenols is 1. The summed E-state index contributed by atoms with van der Waals surface area (Å²) in [4.78, 5) is 23.1.